The number of nitrogens with zero attached hydrogens (tertiary/aromatic N) is 2. The Balaban J connectivity index is 2.05. The van der Waals surface area contributed by atoms with Crippen molar-refractivity contribution in [2.24, 2.45) is 0 Å². The van der Waals surface area contributed by atoms with Gasteiger partial charge in [0.15, 0.2) is 6.54 Å². The molecule has 26 heavy (non-hydrogen) atoms. The molecule has 0 saturated heterocycles. The molecule has 0 radical (unpaired) electrons. The first-order valence-corrected chi connectivity index (χ1v) is 8.41. The van der Waals surface area contributed by atoms with E-state index in [2.05, 4.69) is 0 Å². The molecule has 1 atom stereocenters. The molecule has 0 aliphatic carbocycles. The average molecular weight is 356 g/mol. The maximum atomic E-state index is 14.1. The van der Waals surface area contributed by atoms with Gasteiger partial charge in [0, 0.05) is 12.1 Å². The van der Waals surface area contributed by atoms with Crippen molar-refractivity contribution in [2.45, 2.75) is 13.0 Å². The van der Waals surface area contributed by atoms with Gasteiger partial charge in [-0.3, -0.25) is 4.79 Å². The summed E-state index contributed by atoms with van der Waals surface area (Å²) in [5, 5.41) is 8.84. The molecule has 0 saturated carbocycles. The van der Waals surface area contributed by atoms with Crippen LogP contribution in [0.15, 0.2) is 48.5 Å². The van der Waals surface area contributed by atoms with Crippen molar-refractivity contribution in [2.75, 3.05) is 32.1 Å². The number of quaternary nitrogens is 1. The summed E-state index contributed by atoms with van der Waals surface area (Å²) in [4.78, 5) is 15.0. The van der Waals surface area contributed by atoms with E-state index < -0.39 is 5.82 Å². The lowest BCUT2D eigenvalue weighted by molar-refractivity contribution is -0.885. The minimum absolute atomic E-state index is 0.150. The summed E-state index contributed by atoms with van der Waals surface area (Å²) in [7, 11) is 3.52. The third-order valence-corrected chi connectivity index (χ3v) is 4.01. The van der Waals surface area contributed by atoms with Crippen LogP contribution in [0.4, 0.5) is 10.1 Å². The standard InChI is InChI=1S/C20H22FN3O2/c1-23(14-16-8-10-17(26-2)11-9-16)15-20(25)24(13-5-12-22)19-7-4-3-6-18(19)21/h3-4,6-11H,5,13-15H2,1-2H3/p+1. The van der Waals surface area contributed by atoms with Gasteiger partial charge in [-0.1, -0.05) is 12.1 Å². The SMILES string of the molecule is COc1ccc(C[NH+](C)CC(=O)N(CCC#N)c2ccccc2F)cc1. The van der Waals surface area contributed by atoms with E-state index in [9.17, 15) is 9.18 Å². The van der Waals surface area contributed by atoms with Crippen molar-refractivity contribution < 1.29 is 18.8 Å². The number of likely N-dealkylation sites (N-methyl/N-ethyl adjacent to an activating group) is 1. The van der Waals surface area contributed by atoms with Gasteiger partial charge in [0.25, 0.3) is 5.91 Å². The van der Waals surface area contributed by atoms with Gasteiger partial charge in [-0.25, -0.2) is 4.39 Å². The first-order chi connectivity index (χ1) is 12.5. The Hall–Kier alpha value is -2.91. The van der Waals surface area contributed by atoms with Crippen molar-refractivity contribution in [3.8, 4) is 11.8 Å². The molecule has 0 aromatic heterocycles. The molecule has 0 spiro atoms. The summed E-state index contributed by atoms with van der Waals surface area (Å²) in [5.41, 5.74) is 1.29. The summed E-state index contributed by atoms with van der Waals surface area (Å²) in [6.45, 7) is 1.02. The Bertz CT molecular complexity index is 771. The topological polar surface area (TPSA) is 57.8 Å². The van der Waals surface area contributed by atoms with E-state index in [4.69, 9.17) is 10.00 Å². The number of para-hydroxylation sites is 1. The van der Waals surface area contributed by atoms with Gasteiger partial charge >= 0.3 is 0 Å². The van der Waals surface area contributed by atoms with E-state index in [1.54, 1.807) is 25.3 Å². The predicted molar refractivity (Wildman–Crippen MR) is 97.4 cm³/mol. The Morgan fingerprint density at radius 1 is 1.23 bits per heavy atom. The number of rotatable bonds is 8. The fourth-order valence-corrected chi connectivity index (χ4v) is 2.72. The molecular formula is C20H23FN3O2+. The molecule has 0 heterocycles. The minimum Gasteiger partial charge on any atom is -0.497 e. The number of amides is 1. The van der Waals surface area contributed by atoms with Crippen LogP contribution < -0.4 is 14.5 Å². The van der Waals surface area contributed by atoms with Crippen LogP contribution >= 0.6 is 0 Å². The highest BCUT2D eigenvalue weighted by Gasteiger charge is 2.22. The number of ether oxygens (including phenoxy) is 1. The number of carbonyl (C=O) groups is 1. The van der Waals surface area contributed by atoms with Crippen LogP contribution in [-0.4, -0.2) is 33.2 Å². The Morgan fingerprint density at radius 3 is 2.54 bits per heavy atom. The summed E-state index contributed by atoms with van der Waals surface area (Å²) in [6.07, 6.45) is 0.150. The van der Waals surface area contributed by atoms with E-state index >= 15 is 0 Å². The monoisotopic (exact) mass is 356 g/mol. The fraction of sp³-hybridized carbons (Fsp3) is 0.300. The highest BCUT2D eigenvalue weighted by molar-refractivity contribution is 5.94. The Kier molecular flexibility index (Phi) is 7.12. The number of anilines is 1. The number of nitriles is 1. The maximum absolute atomic E-state index is 14.1. The molecule has 0 aliphatic rings. The van der Waals surface area contributed by atoms with Crippen molar-refractivity contribution in [3.63, 3.8) is 0 Å². The molecule has 1 unspecified atom stereocenters. The van der Waals surface area contributed by atoms with Gasteiger partial charge in [-0.15, -0.1) is 0 Å². The molecule has 2 rings (SSSR count). The predicted octanol–water partition coefficient (Wildman–Crippen LogP) is 1.80. The van der Waals surface area contributed by atoms with Crippen LogP contribution in [0.2, 0.25) is 0 Å². The van der Waals surface area contributed by atoms with Crippen LogP contribution in [0.25, 0.3) is 0 Å². The van der Waals surface area contributed by atoms with Crippen LogP contribution in [0.1, 0.15) is 12.0 Å². The second-order valence-electron chi connectivity index (χ2n) is 6.06. The van der Waals surface area contributed by atoms with Crippen LogP contribution in [0.5, 0.6) is 5.75 Å². The van der Waals surface area contributed by atoms with E-state index in [-0.39, 0.29) is 31.1 Å². The molecule has 5 nitrogen and oxygen atoms in total. The van der Waals surface area contributed by atoms with Gasteiger partial charge < -0.3 is 14.5 Å². The number of benzene rings is 2. The summed E-state index contributed by atoms with van der Waals surface area (Å²) in [6, 6.07) is 15.8. The lowest BCUT2D eigenvalue weighted by atomic mass is 10.2. The number of carbonyl (C=O) groups excluding carboxylic acids is 1. The molecule has 136 valence electrons. The third kappa shape index (κ3) is 5.30. The Labute approximate surface area is 153 Å². The van der Waals surface area contributed by atoms with Crippen molar-refractivity contribution in [1.82, 2.24) is 0 Å². The van der Waals surface area contributed by atoms with Crippen LogP contribution in [0.3, 0.4) is 0 Å². The zero-order valence-electron chi connectivity index (χ0n) is 15.0. The summed E-state index contributed by atoms with van der Waals surface area (Å²) >= 11 is 0. The van der Waals surface area contributed by atoms with Gasteiger partial charge in [-0.05, 0) is 36.4 Å². The second-order valence-corrected chi connectivity index (χ2v) is 6.06. The zero-order chi connectivity index (χ0) is 18.9. The maximum Gasteiger partial charge on any atom is 0.282 e. The number of methoxy groups -OCH3 is 1. The molecule has 0 fully saturated rings. The van der Waals surface area contributed by atoms with Gasteiger partial charge in [0.1, 0.15) is 18.1 Å². The molecule has 1 N–H and O–H groups in total. The summed E-state index contributed by atoms with van der Waals surface area (Å²) < 4.78 is 19.2. The first kappa shape index (κ1) is 19.4. The molecule has 0 aliphatic heterocycles. The fourth-order valence-electron chi connectivity index (χ4n) is 2.72. The molecule has 6 heteroatoms. The average Bonchev–Trinajstić information content (AvgIpc) is 2.64. The molecule has 2 aromatic rings. The van der Waals surface area contributed by atoms with Gasteiger partial charge in [0.05, 0.1) is 32.3 Å². The van der Waals surface area contributed by atoms with Crippen molar-refractivity contribution >= 4 is 11.6 Å². The molecule has 2 aromatic carbocycles. The smallest absolute Gasteiger partial charge is 0.282 e. The molecule has 0 bridgehead atoms. The molecule has 1 amide bonds. The van der Waals surface area contributed by atoms with E-state index in [1.165, 1.54) is 11.0 Å². The van der Waals surface area contributed by atoms with Gasteiger partial charge in [-0.2, -0.15) is 5.26 Å². The largest absolute Gasteiger partial charge is 0.497 e. The number of nitrogens with one attached hydrogen (secondary N) is 1. The van der Waals surface area contributed by atoms with E-state index in [0.717, 1.165) is 16.2 Å². The minimum atomic E-state index is -0.466. The number of hydrogen-bond donors (Lipinski definition) is 1. The highest BCUT2D eigenvalue weighted by atomic mass is 19.1. The first-order valence-electron chi connectivity index (χ1n) is 8.41. The normalized spacial score (nSPS) is 11.5. The zero-order valence-corrected chi connectivity index (χ0v) is 15.0. The van der Waals surface area contributed by atoms with Crippen molar-refractivity contribution in [1.29, 1.82) is 5.26 Å². The van der Waals surface area contributed by atoms with E-state index in [1.807, 2.05) is 37.4 Å². The van der Waals surface area contributed by atoms with Gasteiger partial charge in [0.2, 0.25) is 0 Å². The lowest BCUT2D eigenvalue weighted by Gasteiger charge is -2.24. The van der Waals surface area contributed by atoms with E-state index in [0.29, 0.717) is 6.54 Å². The number of halogens is 1. The second kappa shape index (κ2) is 9.54. The Morgan fingerprint density at radius 2 is 1.92 bits per heavy atom. The summed E-state index contributed by atoms with van der Waals surface area (Å²) in [5.74, 6) is 0.104. The van der Waals surface area contributed by atoms with Crippen LogP contribution in [-0.2, 0) is 11.3 Å². The number of hydrogen-bond acceptors (Lipinski definition) is 3. The lowest BCUT2D eigenvalue weighted by Crippen LogP contribution is -3.09. The quantitative estimate of drug-likeness (QED) is 0.785. The molecular weight excluding hydrogens is 333 g/mol. The van der Waals surface area contributed by atoms with Crippen LogP contribution in [0, 0.1) is 17.1 Å². The third-order valence-electron chi connectivity index (χ3n) is 4.01. The highest BCUT2D eigenvalue weighted by Crippen LogP contribution is 2.19. The van der Waals surface area contributed by atoms with Crippen molar-refractivity contribution in [3.05, 3.63) is 59.9 Å².